The summed E-state index contributed by atoms with van der Waals surface area (Å²) in [6, 6.07) is 43.9. The first-order valence-corrected chi connectivity index (χ1v) is 22.4. The second kappa shape index (κ2) is 13.2. The molecule has 0 amide bonds. The van der Waals surface area contributed by atoms with E-state index in [1.165, 1.54) is 93.3 Å². The maximum Gasteiger partial charge on any atom is 0.254 e. The Kier molecular flexibility index (Phi) is 8.53. The molecule has 0 saturated heterocycles. The third kappa shape index (κ3) is 6.06. The van der Waals surface area contributed by atoms with Gasteiger partial charge in [-0.05, 0) is 153 Å². The van der Waals surface area contributed by atoms with Gasteiger partial charge in [0, 0.05) is 38.4 Å². The smallest absolute Gasteiger partial charge is 0.254 e. The molecule has 2 aliphatic heterocycles. The monoisotopic (exact) mass is 802 g/mol. The molecule has 3 nitrogen and oxygen atoms in total. The van der Waals surface area contributed by atoms with Crippen LogP contribution in [0.25, 0.3) is 32.4 Å². The highest BCUT2D eigenvalue weighted by molar-refractivity contribution is 7.26. The molecule has 0 N–H and O–H groups in total. The van der Waals surface area contributed by atoms with Crippen LogP contribution in [0.1, 0.15) is 95.7 Å². The minimum Gasteiger partial charge on any atom is -0.456 e. The molecule has 0 spiro atoms. The van der Waals surface area contributed by atoms with E-state index in [2.05, 4.69) is 202 Å². The van der Waals surface area contributed by atoms with Crippen molar-refractivity contribution in [1.29, 1.82) is 0 Å². The maximum atomic E-state index is 6.44. The highest BCUT2D eigenvalue weighted by atomic mass is 32.1. The lowest BCUT2D eigenvalue weighted by molar-refractivity contribution is 0.590. The minimum absolute atomic E-state index is 0.0110. The van der Waals surface area contributed by atoms with Crippen LogP contribution in [-0.2, 0) is 16.2 Å². The van der Waals surface area contributed by atoms with Gasteiger partial charge in [-0.25, -0.2) is 0 Å². The van der Waals surface area contributed by atoms with Crippen LogP contribution in [0.2, 0.25) is 0 Å². The molecule has 0 fully saturated rings. The van der Waals surface area contributed by atoms with Gasteiger partial charge >= 0.3 is 0 Å². The molecular weight excluding hydrogens is 747 g/mol. The molecule has 0 bridgehead atoms. The zero-order chi connectivity index (χ0) is 42.2. The first-order chi connectivity index (χ1) is 28.4. The van der Waals surface area contributed by atoms with Crippen LogP contribution in [0.5, 0.6) is 0 Å². The van der Waals surface area contributed by atoms with Crippen LogP contribution in [0.3, 0.4) is 0 Å². The number of thiophene rings is 1. The van der Waals surface area contributed by atoms with Crippen molar-refractivity contribution in [2.75, 3.05) is 9.80 Å². The van der Waals surface area contributed by atoms with Crippen LogP contribution in [-0.4, -0.2) is 6.71 Å². The maximum absolute atomic E-state index is 6.44. The van der Waals surface area contributed by atoms with Crippen molar-refractivity contribution in [1.82, 2.24) is 0 Å². The fraction of sp³-hybridized carbons (Fsp3) is 0.273. The van der Waals surface area contributed by atoms with Gasteiger partial charge in [0.25, 0.3) is 6.71 Å². The number of para-hydroxylation sites is 1. The van der Waals surface area contributed by atoms with Crippen molar-refractivity contribution in [2.24, 2.45) is 0 Å². The fourth-order valence-electron chi connectivity index (χ4n) is 9.78. The average molecular weight is 803 g/mol. The van der Waals surface area contributed by atoms with Crippen LogP contribution in [0, 0.1) is 20.8 Å². The fourth-order valence-corrected chi connectivity index (χ4v) is 11.0. The lowest BCUT2D eigenvalue weighted by Crippen LogP contribution is -2.61. The molecule has 5 heteroatoms. The molecule has 0 radical (unpaired) electrons. The second-order valence-electron chi connectivity index (χ2n) is 20.5. The van der Waals surface area contributed by atoms with Crippen LogP contribution >= 0.6 is 11.3 Å². The Labute approximate surface area is 360 Å². The summed E-state index contributed by atoms with van der Waals surface area (Å²) in [5, 5.41) is 3.79. The van der Waals surface area contributed by atoms with Gasteiger partial charge < -0.3 is 14.2 Å². The summed E-state index contributed by atoms with van der Waals surface area (Å²) < 4.78 is 7.76. The Hall–Kier alpha value is -5.52. The number of benzene rings is 6. The summed E-state index contributed by atoms with van der Waals surface area (Å²) in [5.41, 5.74) is 20.2. The molecular formula is C55H55BN2OS. The van der Waals surface area contributed by atoms with Crippen LogP contribution in [0.15, 0.2) is 120 Å². The van der Waals surface area contributed by atoms with E-state index in [9.17, 15) is 0 Å². The molecule has 4 heterocycles. The Bertz CT molecular complexity index is 2980. The van der Waals surface area contributed by atoms with E-state index in [4.69, 9.17) is 4.42 Å². The van der Waals surface area contributed by atoms with E-state index in [0.29, 0.717) is 0 Å². The van der Waals surface area contributed by atoms with Crippen molar-refractivity contribution < 1.29 is 4.42 Å². The molecule has 0 aliphatic carbocycles. The Balaban J connectivity index is 1.29. The SMILES string of the molecule is Cc1cc2c3c(c1)N(c1c(C)cc(-c4cc5ccccc5o4)cc1C)c1sc4ccc(C(C)(C)C)cc4c1B3c1cc(C(C)(C)C)ccc1N2c1ccc(C(C)(C)C)cc1. The largest absolute Gasteiger partial charge is 0.456 e. The van der Waals surface area contributed by atoms with Crippen molar-refractivity contribution in [3.8, 4) is 11.3 Å². The third-order valence-corrected chi connectivity index (χ3v) is 14.1. The van der Waals surface area contributed by atoms with Gasteiger partial charge in [-0.3, -0.25) is 0 Å². The molecule has 0 unspecified atom stereocenters. The summed E-state index contributed by atoms with van der Waals surface area (Å²) in [7, 11) is 0. The molecule has 2 aliphatic rings. The van der Waals surface area contributed by atoms with Gasteiger partial charge in [0.05, 0.1) is 10.7 Å². The van der Waals surface area contributed by atoms with Crippen molar-refractivity contribution >= 4 is 88.9 Å². The molecule has 6 aromatic carbocycles. The zero-order valence-corrected chi connectivity index (χ0v) is 38.1. The number of anilines is 6. The van der Waals surface area contributed by atoms with Crippen LogP contribution < -0.4 is 26.2 Å². The lowest BCUT2D eigenvalue weighted by atomic mass is 9.33. The number of furan rings is 1. The van der Waals surface area contributed by atoms with Gasteiger partial charge in [0.2, 0.25) is 0 Å². The average Bonchev–Trinajstić information content (AvgIpc) is 3.79. The van der Waals surface area contributed by atoms with Gasteiger partial charge in [0.15, 0.2) is 0 Å². The van der Waals surface area contributed by atoms with E-state index in [-0.39, 0.29) is 23.0 Å². The summed E-state index contributed by atoms with van der Waals surface area (Å²) >= 11 is 1.94. The summed E-state index contributed by atoms with van der Waals surface area (Å²) in [6.07, 6.45) is 0. The van der Waals surface area contributed by atoms with Crippen LogP contribution in [0.4, 0.5) is 33.4 Å². The normalized spacial score (nSPS) is 13.9. The Morgan fingerprint density at radius 1 is 0.550 bits per heavy atom. The minimum atomic E-state index is -0.0138. The van der Waals surface area contributed by atoms with E-state index in [0.717, 1.165) is 22.3 Å². The molecule has 8 aromatic rings. The van der Waals surface area contributed by atoms with E-state index >= 15 is 0 Å². The Morgan fingerprint density at radius 3 is 1.80 bits per heavy atom. The number of aryl methyl sites for hydroxylation is 3. The van der Waals surface area contributed by atoms with Gasteiger partial charge in [-0.15, -0.1) is 11.3 Å². The number of fused-ring (bicyclic) bond motifs is 7. The molecule has 10 rings (SSSR count). The van der Waals surface area contributed by atoms with Gasteiger partial charge in [0.1, 0.15) is 11.3 Å². The van der Waals surface area contributed by atoms with E-state index in [1.807, 2.05) is 17.4 Å². The predicted molar refractivity (Wildman–Crippen MR) is 261 cm³/mol. The van der Waals surface area contributed by atoms with Gasteiger partial charge in [-0.1, -0.05) is 117 Å². The van der Waals surface area contributed by atoms with E-state index < -0.39 is 0 Å². The molecule has 300 valence electrons. The number of rotatable bonds is 3. The molecule has 0 atom stereocenters. The van der Waals surface area contributed by atoms with Crippen molar-refractivity contribution in [2.45, 2.75) is 99.3 Å². The summed E-state index contributed by atoms with van der Waals surface area (Å²) in [6.45, 7) is 27.8. The standard InChI is InChI=1S/C55H55BN2OS/c1-32-25-44-50-45(26-32)58(51-33(2)27-36(28-34(51)3)47-29-35-15-13-14-16-46(35)59-47)52-49(41-30-38(54(7,8)9)20-24-48(41)60-52)56(50)42-31-39(55(10,11)12)19-23-43(42)57(44)40-21-17-37(18-22-40)53(4,5)6/h13-31H,1-12H3. The number of hydrogen-bond donors (Lipinski definition) is 0. The quantitative estimate of drug-likeness (QED) is 0.166. The third-order valence-electron chi connectivity index (χ3n) is 13.0. The van der Waals surface area contributed by atoms with Gasteiger partial charge in [-0.2, -0.15) is 0 Å². The lowest BCUT2D eigenvalue weighted by Gasteiger charge is -2.44. The zero-order valence-electron chi connectivity index (χ0n) is 37.3. The number of hydrogen-bond acceptors (Lipinski definition) is 4. The second-order valence-corrected chi connectivity index (χ2v) is 21.6. The first-order valence-electron chi connectivity index (χ1n) is 21.5. The van der Waals surface area contributed by atoms with Crippen molar-refractivity contribution in [3.05, 3.63) is 149 Å². The number of nitrogens with zero attached hydrogens (tertiary/aromatic N) is 2. The molecule has 60 heavy (non-hydrogen) atoms. The molecule has 2 aromatic heterocycles. The summed E-state index contributed by atoms with van der Waals surface area (Å²) in [4.78, 5) is 5.19. The van der Waals surface area contributed by atoms with Crippen molar-refractivity contribution in [3.63, 3.8) is 0 Å². The highest BCUT2D eigenvalue weighted by Gasteiger charge is 2.46. The first kappa shape index (κ1) is 38.7. The van der Waals surface area contributed by atoms with E-state index in [1.54, 1.807) is 0 Å². The topological polar surface area (TPSA) is 19.6 Å². The molecule has 0 saturated carbocycles. The Morgan fingerprint density at radius 2 is 1.15 bits per heavy atom. The predicted octanol–water partition coefficient (Wildman–Crippen LogP) is 14.2. The summed E-state index contributed by atoms with van der Waals surface area (Å²) in [5.74, 6) is 0.900. The highest BCUT2D eigenvalue weighted by Crippen LogP contribution is 2.50.